The summed E-state index contributed by atoms with van der Waals surface area (Å²) >= 11 is 5.97. The maximum Gasteiger partial charge on any atom is 0.309 e. The Balaban J connectivity index is 3.20. The largest absolute Gasteiger partial charge is 0.493 e. The van der Waals surface area contributed by atoms with E-state index in [1.807, 2.05) is 27.7 Å². The molecule has 1 aromatic rings. The molecule has 0 heterocycles. The van der Waals surface area contributed by atoms with Crippen molar-refractivity contribution in [1.29, 1.82) is 0 Å². The first-order valence-electron chi connectivity index (χ1n) is 8.90. The molecule has 0 radical (unpaired) electrons. The summed E-state index contributed by atoms with van der Waals surface area (Å²) in [7, 11) is -2.25. The SMILES string of the molecule is CCS(=O)(=O)Oc1cc(CN(CC(C)C)C(=O)C(C)(C)CCl)ccc1OC. The molecule has 1 amide bonds. The minimum Gasteiger partial charge on any atom is -0.493 e. The molecule has 0 unspecified atom stereocenters. The van der Waals surface area contributed by atoms with E-state index in [4.69, 9.17) is 20.5 Å². The number of nitrogens with zero attached hydrogens (tertiary/aromatic N) is 1. The summed E-state index contributed by atoms with van der Waals surface area (Å²) in [6, 6.07) is 5.03. The summed E-state index contributed by atoms with van der Waals surface area (Å²) < 4.78 is 34.0. The summed E-state index contributed by atoms with van der Waals surface area (Å²) in [4.78, 5) is 14.7. The quantitative estimate of drug-likeness (QED) is 0.427. The molecule has 0 aliphatic rings. The summed E-state index contributed by atoms with van der Waals surface area (Å²) in [6.07, 6.45) is 0. The summed E-state index contributed by atoms with van der Waals surface area (Å²) in [5.74, 6) is 0.721. The van der Waals surface area contributed by atoms with Gasteiger partial charge in [0, 0.05) is 19.0 Å². The third-order valence-corrected chi connectivity index (χ3v) is 5.77. The second-order valence-electron chi connectivity index (χ2n) is 7.51. The van der Waals surface area contributed by atoms with Crippen molar-refractivity contribution < 1.29 is 22.1 Å². The van der Waals surface area contributed by atoms with Gasteiger partial charge in [0.25, 0.3) is 0 Å². The van der Waals surface area contributed by atoms with Crippen molar-refractivity contribution >= 4 is 27.6 Å². The van der Waals surface area contributed by atoms with Crippen molar-refractivity contribution in [2.24, 2.45) is 11.3 Å². The molecule has 0 saturated heterocycles. The van der Waals surface area contributed by atoms with Crippen molar-refractivity contribution in [3.63, 3.8) is 0 Å². The normalized spacial score (nSPS) is 12.1. The number of halogens is 1. The van der Waals surface area contributed by atoms with Crippen LogP contribution in [0.1, 0.15) is 40.2 Å². The molecule has 0 aliphatic carbocycles. The lowest BCUT2D eigenvalue weighted by Crippen LogP contribution is -2.43. The van der Waals surface area contributed by atoms with E-state index in [1.54, 1.807) is 23.1 Å². The topological polar surface area (TPSA) is 72.9 Å². The van der Waals surface area contributed by atoms with Crippen LogP contribution >= 0.6 is 11.6 Å². The summed E-state index contributed by atoms with van der Waals surface area (Å²) in [5.41, 5.74) is 0.0600. The van der Waals surface area contributed by atoms with E-state index in [1.165, 1.54) is 14.0 Å². The van der Waals surface area contributed by atoms with Gasteiger partial charge < -0.3 is 13.8 Å². The molecule has 1 aromatic carbocycles. The minimum atomic E-state index is -3.69. The number of carbonyl (C=O) groups excluding carboxylic acids is 1. The van der Waals surface area contributed by atoms with E-state index >= 15 is 0 Å². The number of hydrogen-bond acceptors (Lipinski definition) is 5. The monoisotopic (exact) mass is 419 g/mol. The molecule has 154 valence electrons. The molecule has 0 saturated carbocycles. The van der Waals surface area contributed by atoms with Gasteiger partial charge in [-0.1, -0.05) is 19.9 Å². The van der Waals surface area contributed by atoms with Gasteiger partial charge in [-0.3, -0.25) is 4.79 Å². The van der Waals surface area contributed by atoms with Gasteiger partial charge in [-0.15, -0.1) is 11.6 Å². The third kappa shape index (κ3) is 6.88. The number of benzene rings is 1. The van der Waals surface area contributed by atoms with Crippen molar-refractivity contribution in [1.82, 2.24) is 4.90 Å². The molecule has 27 heavy (non-hydrogen) atoms. The first kappa shape index (κ1) is 23.6. The van der Waals surface area contributed by atoms with E-state index in [0.29, 0.717) is 18.8 Å². The number of amides is 1. The fraction of sp³-hybridized carbons (Fsp3) is 0.632. The third-order valence-electron chi connectivity index (χ3n) is 3.96. The number of carbonyl (C=O) groups is 1. The zero-order chi connectivity index (χ0) is 20.8. The van der Waals surface area contributed by atoms with Crippen molar-refractivity contribution in [3.05, 3.63) is 23.8 Å². The fourth-order valence-corrected chi connectivity index (χ4v) is 3.08. The van der Waals surface area contributed by atoms with Crippen molar-refractivity contribution in [3.8, 4) is 11.5 Å². The summed E-state index contributed by atoms with van der Waals surface area (Å²) in [5, 5.41) is 0. The van der Waals surface area contributed by atoms with Crippen molar-refractivity contribution in [2.75, 3.05) is 25.3 Å². The smallest absolute Gasteiger partial charge is 0.309 e. The van der Waals surface area contributed by atoms with Gasteiger partial charge in [0.15, 0.2) is 11.5 Å². The maximum absolute atomic E-state index is 12.9. The van der Waals surface area contributed by atoms with Gasteiger partial charge in [-0.2, -0.15) is 8.42 Å². The lowest BCUT2D eigenvalue weighted by Gasteiger charge is -2.32. The number of alkyl halides is 1. The Labute approximate surface area is 167 Å². The van der Waals surface area contributed by atoms with Crippen LogP contribution in [0.5, 0.6) is 11.5 Å². The predicted octanol–water partition coefficient (Wildman–Crippen LogP) is 3.67. The van der Waals surface area contributed by atoms with E-state index in [-0.39, 0.29) is 29.2 Å². The minimum absolute atomic E-state index is 0.0503. The molecule has 0 bridgehead atoms. The number of rotatable bonds is 10. The molecule has 0 spiro atoms. The second kappa shape index (κ2) is 9.64. The molecular weight excluding hydrogens is 390 g/mol. The van der Waals surface area contributed by atoms with Crippen LogP contribution in [0.25, 0.3) is 0 Å². The van der Waals surface area contributed by atoms with Gasteiger partial charge in [-0.05, 0) is 44.4 Å². The van der Waals surface area contributed by atoms with Crippen LogP contribution in [-0.4, -0.2) is 44.5 Å². The Morgan fingerprint density at radius 3 is 2.37 bits per heavy atom. The molecular formula is C19H30ClNO5S. The predicted molar refractivity (Wildman–Crippen MR) is 108 cm³/mol. The highest BCUT2D eigenvalue weighted by molar-refractivity contribution is 7.87. The van der Waals surface area contributed by atoms with Crippen LogP contribution in [0, 0.1) is 11.3 Å². The lowest BCUT2D eigenvalue weighted by atomic mass is 9.93. The highest BCUT2D eigenvalue weighted by Crippen LogP contribution is 2.31. The highest BCUT2D eigenvalue weighted by atomic mass is 35.5. The molecule has 8 heteroatoms. The molecule has 1 rings (SSSR count). The first-order chi connectivity index (χ1) is 12.5. The standard InChI is InChI=1S/C19H30ClNO5S/c1-7-27(23,24)26-17-10-15(8-9-16(17)25-6)12-21(11-14(2)3)18(22)19(4,5)13-20/h8-10,14H,7,11-13H2,1-6H3. The van der Waals surface area contributed by atoms with Crippen LogP contribution in [0.4, 0.5) is 0 Å². The van der Waals surface area contributed by atoms with Gasteiger partial charge in [0.2, 0.25) is 5.91 Å². The molecule has 0 atom stereocenters. The van der Waals surface area contributed by atoms with Crippen LogP contribution in [0.3, 0.4) is 0 Å². The molecule has 6 nitrogen and oxygen atoms in total. The first-order valence-corrected chi connectivity index (χ1v) is 11.0. The van der Waals surface area contributed by atoms with E-state index in [2.05, 4.69) is 0 Å². The Bertz CT molecular complexity index is 746. The van der Waals surface area contributed by atoms with Crippen LogP contribution in [-0.2, 0) is 21.5 Å². The van der Waals surface area contributed by atoms with Gasteiger partial charge >= 0.3 is 10.1 Å². The van der Waals surface area contributed by atoms with E-state index in [0.717, 1.165) is 5.56 Å². The Morgan fingerprint density at radius 1 is 1.26 bits per heavy atom. The lowest BCUT2D eigenvalue weighted by molar-refractivity contribution is -0.140. The summed E-state index contributed by atoms with van der Waals surface area (Å²) in [6.45, 7) is 10.1. The van der Waals surface area contributed by atoms with Crippen LogP contribution < -0.4 is 8.92 Å². The number of ether oxygens (including phenoxy) is 1. The maximum atomic E-state index is 12.9. The van der Waals surface area contributed by atoms with Gasteiger partial charge in [0.1, 0.15) is 0 Å². The molecule has 0 N–H and O–H groups in total. The van der Waals surface area contributed by atoms with Crippen LogP contribution in [0.2, 0.25) is 0 Å². The Morgan fingerprint density at radius 2 is 1.89 bits per heavy atom. The average Bonchev–Trinajstić information content (AvgIpc) is 2.60. The number of hydrogen-bond donors (Lipinski definition) is 0. The van der Waals surface area contributed by atoms with E-state index in [9.17, 15) is 13.2 Å². The molecule has 0 aliphatic heterocycles. The van der Waals surface area contributed by atoms with Crippen LogP contribution in [0.15, 0.2) is 18.2 Å². The molecule has 0 aromatic heterocycles. The Hall–Kier alpha value is -1.47. The second-order valence-corrected chi connectivity index (χ2v) is 9.64. The van der Waals surface area contributed by atoms with Gasteiger partial charge in [0.05, 0.1) is 18.3 Å². The fourth-order valence-electron chi connectivity index (χ4n) is 2.45. The average molecular weight is 420 g/mol. The number of methoxy groups -OCH3 is 1. The zero-order valence-electron chi connectivity index (χ0n) is 16.9. The highest BCUT2D eigenvalue weighted by Gasteiger charge is 2.31. The Kier molecular flexibility index (Phi) is 8.42. The van der Waals surface area contributed by atoms with Gasteiger partial charge in [-0.25, -0.2) is 0 Å². The van der Waals surface area contributed by atoms with Crippen molar-refractivity contribution in [2.45, 2.75) is 41.2 Å². The zero-order valence-corrected chi connectivity index (χ0v) is 18.5. The van der Waals surface area contributed by atoms with E-state index < -0.39 is 15.5 Å². The molecule has 0 fully saturated rings.